The van der Waals surface area contributed by atoms with Gasteiger partial charge in [0, 0.05) is 23.5 Å². The van der Waals surface area contributed by atoms with Crippen molar-refractivity contribution in [3.63, 3.8) is 0 Å². The number of guanidine groups is 1. The molecule has 0 spiro atoms. The first-order valence-electron chi connectivity index (χ1n) is 7.39. The van der Waals surface area contributed by atoms with Crippen molar-refractivity contribution in [1.29, 1.82) is 5.26 Å². The van der Waals surface area contributed by atoms with Crippen molar-refractivity contribution in [3.05, 3.63) is 29.8 Å². The van der Waals surface area contributed by atoms with Crippen molar-refractivity contribution in [1.82, 2.24) is 10.2 Å². The molecule has 1 fully saturated rings. The highest BCUT2D eigenvalue weighted by Gasteiger charge is 2.33. The number of ether oxygens (including phenoxy) is 1. The van der Waals surface area contributed by atoms with Crippen LogP contribution >= 0.6 is 11.8 Å². The van der Waals surface area contributed by atoms with Crippen LogP contribution in [-0.4, -0.2) is 35.3 Å². The third kappa shape index (κ3) is 3.31. The van der Waals surface area contributed by atoms with Gasteiger partial charge in [0.15, 0.2) is 0 Å². The first-order chi connectivity index (χ1) is 11.4. The summed E-state index contributed by atoms with van der Waals surface area (Å²) < 4.78 is 31.3. The van der Waals surface area contributed by atoms with E-state index in [1.54, 1.807) is 24.4 Å². The van der Waals surface area contributed by atoms with E-state index in [2.05, 4.69) is 10.3 Å². The zero-order valence-corrected chi connectivity index (χ0v) is 14.0. The first kappa shape index (κ1) is 16.6. The highest BCUT2D eigenvalue weighted by Crippen LogP contribution is 2.40. The number of alkyl halides is 2. The molecule has 1 N–H and O–H groups in total. The lowest BCUT2D eigenvalue weighted by Crippen LogP contribution is -2.35. The number of rotatable bonds is 3. The highest BCUT2D eigenvalue weighted by molar-refractivity contribution is 7.99. The minimum atomic E-state index is -2.49. The summed E-state index contributed by atoms with van der Waals surface area (Å²) in [6.45, 7) is 5.12. The van der Waals surface area contributed by atoms with Gasteiger partial charge in [0.05, 0.1) is 5.70 Å². The average Bonchev–Trinajstić information content (AvgIpc) is 2.94. The van der Waals surface area contributed by atoms with Crippen LogP contribution in [0, 0.1) is 11.5 Å². The Kier molecular flexibility index (Phi) is 4.37. The van der Waals surface area contributed by atoms with Crippen molar-refractivity contribution in [2.45, 2.75) is 30.1 Å². The number of fused-ring (bicyclic) bond motifs is 1. The number of thioether (sulfide) groups is 1. The number of hydrogen-bond donors (Lipinski definition) is 1. The normalized spacial score (nSPS) is 20.2. The standard InChI is InChI=1S/C16H16F2N4OS/c1-16(2)8-12(22-6-5-20-15(22)21-9-19)11-7-10(24-14(17)18)3-4-13(11)23-16/h3-4,7-8,14H,5-6H2,1-2H3,(H,20,21). The number of hydrogen-bond acceptors (Lipinski definition) is 4. The van der Waals surface area contributed by atoms with Gasteiger partial charge in [0.25, 0.3) is 5.76 Å². The molecule has 8 heteroatoms. The Morgan fingerprint density at radius 1 is 1.46 bits per heavy atom. The monoisotopic (exact) mass is 350 g/mol. The quantitative estimate of drug-likeness (QED) is 0.670. The van der Waals surface area contributed by atoms with Gasteiger partial charge in [-0.25, -0.2) is 0 Å². The number of nitrogens with one attached hydrogen (secondary N) is 1. The molecular formula is C16H16F2N4OS. The Labute approximate surface area is 143 Å². The van der Waals surface area contributed by atoms with E-state index in [0.717, 1.165) is 5.70 Å². The van der Waals surface area contributed by atoms with Crippen LogP contribution in [0.3, 0.4) is 0 Å². The third-order valence-corrected chi connectivity index (χ3v) is 4.33. The summed E-state index contributed by atoms with van der Waals surface area (Å²) in [6.07, 6.45) is 3.71. The van der Waals surface area contributed by atoms with Crippen molar-refractivity contribution >= 4 is 23.4 Å². The van der Waals surface area contributed by atoms with Gasteiger partial charge in [-0.05, 0) is 38.1 Å². The van der Waals surface area contributed by atoms with Crippen LogP contribution in [0.15, 0.2) is 34.2 Å². The van der Waals surface area contributed by atoms with Crippen LogP contribution in [0.2, 0.25) is 0 Å². The van der Waals surface area contributed by atoms with E-state index >= 15 is 0 Å². The molecule has 24 heavy (non-hydrogen) atoms. The first-order valence-corrected chi connectivity index (χ1v) is 8.27. The second-order valence-corrected chi connectivity index (χ2v) is 6.95. The number of nitrogens with zero attached hydrogens (tertiary/aromatic N) is 3. The van der Waals surface area contributed by atoms with Crippen LogP contribution in [0.25, 0.3) is 5.70 Å². The maximum absolute atomic E-state index is 12.7. The molecule has 0 unspecified atom stereocenters. The molecule has 2 aliphatic heterocycles. The molecule has 5 nitrogen and oxygen atoms in total. The Bertz CT molecular complexity index is 755. The SMILES string of the molecule is CC1(C)C=C(N2CCNC2=NC#N)c2cc(SC(F)F)ccc2O1. The van der Waals surface area contributed by atoms with Crippen LogP contribution in [0.1, 0.15) is 19.4 Å². The fraction of sp³-hybridized carbons (Fsp3) is 0.375. The second-order valence-electron chi connectivity index (χ2n) is 5.89. The molecule has 0 atom stereocenters. The van der Waals surface area contributed by atoms with E-state index in [0.29, 0.717) is 47.0 Å². The molecule has 0 amide bonds. The lowest BCUT2D eigenvalue weighted by atomic mass is 9.98. The highest BCUT2D eigenvalue weighted by atomic mass is 32.2. The van der Waals surface area contributed by atoms with Crippen LogP contribution in [-0.2, 0) is 0 Å². The van der Waals surface area contributed by atoms with E-state index in [1.165, 1.54) is 0 Å². The van der Waals surface area contributed by atoms with Crippen LogP contribution in [0.4, 0.5) is 8.78 Å². The fourth-order valence-electron chi connectivity index (χ4n) is 2.78. The predicted octanol–water partition coefficient (Wildman–Crippen LogP) is 3.26. The van der Waals surface area contributed by atoms with E-state index in [-0.39, 0.29) is 0 Å². The van der Waals surface area contributed by atoms with E-state index in [4.69, 9.17) is 10.00 Å². The Hall–Kier alpha value is -2.27. The largest absolute Gasteiger partial charge is 0.483 e. The minimum Gasteiger partial charge on any atom is -0.483 e. The van der Waals surface area contributed by atoms with Gasteiger partial charge in [0.2, 0.25) is 12.2 Å². The third-order valence-electron chi connectivity index (χ3n) is 3.63. The summed E-state index contributed by atoms with van der Waals surface area (Å²) in [5, 5.41) is 11.9. The fourth-order valence-corrected chi connectivity index (χ4v) is 3.32. The van der Waals surface area contributed by atoms with Crippen molar-refractivity contribution in [3.8, 4) is 11.9 Å². The van der Waals surface area contributed by atoms with Gasteiger partial charge in [-0.1, -0.05) is 11.8 Å². The van der Waals surface area contributed by atoms with Gasteiger partial charge in [-0.3, -0.25) is 0 Å². The molecule has 126 valence electrons. The Morgan fingerprint density at radius 2 is 2.25 bits per heavy atom. The molecule has 1 saturated heterocycles. The molecule has 0 aliphatic carbocycles. The maximum atomic E-state index is 12.7. The summed E-state index contributed by atoms with van der Waals surface area (Å²) in [7, 11) is 0. The van der Waals surface area contributed by atoms with E-state index in [9.17, 15) is 8.78 Å². The Morgan fingerprint density at radius 3 is 2.96 bits per heavy atom. The van der Waals surface area contributed by atoms with Crippen molar-refractivity contribution in [2.24, 2.45) is 4.99 Å². The Balaban J connectivity index is 2.06. The average molecular weight is 350 g/mol. The molecule has 2 heterocycles. The molecular weight excluding hydrogens is 334 g/mol. The smallest absolute Gasteiger partial charge is 0.288 e. The van der Waals surface area contributed by atoms with E-state index in [1.807, 2.05) is 24.8 Å². The minimum absolute atomic E-state index is 0.458. The molecule has 0 saturated carbocycles. The molecule has 3 rings (SSSR count). The number of halogens is 2. The van der Waals surface area contributed by atoms with Crippen LogP contribution < -0.4 is 10.1 Å². The molecule has 2 aliphatic rings. The van der Waals surface area contributed by atoms with Gasteiger partial charge >= 0.3 is 0 Å². The van der Waals surface area contributed by atoms with Crippen molar-refractivity contribution < 1.29 is 13.5 Å². The summed E-state index contributed by atoms with van der Waals surface area (Å²) in [5.41, 5.74) is 0.964. The summed E-state index contributed by atoms with van der Waals surface area (Å²) >= 11 is 0.494. The summed E-state index contributed by atoms with van der Waals surface area (Å²) in [5.74, 6) is -1.40. The topological polar surface area (TPSA) is 60.7 Å². The second kappa shape index (κ2) is 6.32. The molecule has 0 bridgehead atoms. The lowest BCUT2D eigenvalue weighted by molar-refractivity contribution is 0.156. The molecule has 0 aromatic heterocycles. The zero-order chi connectivity index (χ0) is 17.3. The summed E-state index contributed by atoms with van der Waals surface area (Å²) in [6, 6.07) is 5.02. The number of benzene rings is 1. The summed E-state index contributed by atoms with van der Waals surface area (Å²) in [4.78, 5) is 6.14. The maximum Gasteiger partial charge on any atom is 0.288 e. The van der Waals surface area contributed by atoms with Gasteiger partial charge in [-0.2, -0.15) is 14.0 Å². The number of aliphatic imine (C=N–C) groups is 1. The number of nitriles is 1. The molecule has 1 aromatic rings. The zero-order valence-electron chi connectivity index (χ0n) is 13.2. The van der Waals surface area contributed by atoms with Gasteiger partial charge in [0.1, 0.15) is 11.4 Å². The molecule has 1 aromatic carbocycles. The van der Waals surface area contributed by atoms with Gasteiger partial charge < -0.3 is 15.0 Å². The van der Waals surface area contributed by atoms with Crippen LogP contribution in [0.5, 0.6) is 5.75 Å². The van der Waals surface area contributed by atoms with Gasteiger partial charge in [-0.15, -0.1) is 4.99 Å². The predicted molar refractivity (Wildman–Crippen MR) is 88.7 cm³/mol. The van der Waals surface area contributed by atoms with Crippen molar-refractivity contribution in [2.75, 3.05) is 13.1 Å². The van der Waals surface area contributed by atoms with E-state index < -0.39 is 11.4 Å². The molecule has 0 radical (unpaired) electrons. The lowest BCUT2D eigenvalue weighted by Gasteiger charge is -2.34.